The smallest absolute Gasteiger partial charge is 0.417 e. The number of hydrogen-bond acceptors (Lipinski definition) is 7. The lowest BCUT2D eigenvalue weighted by Crippen LogP contribution is -2.49. The van der Waals surface area contributed by atoms with E-state index < -0.39 is 23.6 Å². The summed E-state index contributed by atoms with van der Waals surface area (Å²) in [6.45, 7) is 1.63. The predicted molar refractivity (Wildman–Crippen MR) is 125 cm³/mol. The summed E-state index contributed by atoms with van der Waals surface area (Å²) in [6.07, 6.45) is -4.61. The third kappa shape index (κ3) is 5.27. The normalized spacial score (nSPS) is 15.0. The van der Waals surface area contributed by atoms with E-state index in [9.17, 15) is 22.8 Å². The molecule has 0 spiro atoms. The summed E-state index contributed by atoms with van der Waals surface area (Å²) in [5, 5.41) is 10.9. The van der Waals surface area contributed by atoms with Crippen LogP contribution in [0.3, 0.4) is 0 Å². The molecule has 0 aliphatic carbocycles. The number of rotatable bonds is 5. The minimum atomic E-state index is -4.61. The number of fused-ring (bicyclic) bond motifs is 1. The number of amides is 2. The van der Waals surface area contributed by atoms with Crippen molar-refractivity contribution in [2.24, 2.45) is 0 Å². The van der Waals surface area contributed by atoms with E-state index in [1.807, 2.05) is 11.0 Å². The maximum absolute atomic E-state index is 13.3. The Morgan fingerprint density at radius 3 is 2.41 bits per heavy atom. The average molecular weight is 513 g/mol. The third-order valence-electron chi connectivity index (χ3n) is 6.13. The van der Waals surface area contributed by atoms with E-state index in [0.717, 1.165) is 11.6 Å². The van der Waals surface area contributed by atoms with Crippen LogP contribution in [0.25, 0.3) is 0 Å². The van der Waals surface area contributed by atoms with Gasteiger partial charge in [-0.2, -0.15) is 13.2 Å². The van der Waals surface area contributed by atoms with Gasteiger partial charge in [-0.1, -0.05) is 18.2 Å². The molecule has 37 heavy (non-hydrogen) atoms. The average Bonchev–Trinajstić information content (AvgIpc) is 3.39. The molecule has 2 aliphatic heterocycles. The van der Waals surface area contributed by atoms with E-state index in [0.29, 0.717) is 30.4 Å². The number of carbonyl (C=O) groups is 2. The molecular formula is C25H22F3N5O4. The Morgan fingerprint density at radius 2 is 1.68 bits per heavy atom. The SMILES string of the molecule is O=C(NCc1ccc2c(c1)OCO2)c1ccc(N2CCN(C(=O)c3ccccc3C(F)(F)F)CC2)nn1. The van der Waals surface area contributed by atoms with Gasteiger partial charge in [0.25, 0.3) is 11.8 Å². The molecule has 1 saturated heterocycles. The highest BCUT2D eigenvalue weighted by Crippen LogP contribution is 2.33. The lowest BCUT2D eigenvalue weighted by atomic mass is 10.1. The molecule has 0 atom stereocenters. The van der Waals surface area contributed by atoms with Crippen LogP contribution in [0, 0.1) is 0 Å². The van der Waals surface area contributed by atoms with Crippen molar-refractivity contribution in [3.8, 4) is 11.5 Å². The number of benzene rings is 2. The fourth-order valence-corrected chi connectivity index (χ4v) is 4.16. The Hall–Kier alpha value is -4.35. The zero-order valence-electron chi connectivity index (χ0n) is 19.5. The predicted octanol–water partition coefficient (Wildman–Crippen LogP) is 3.12. The monoisotopic (exact) mass is 513 g/mol. The van der Waals surface area contributed by atoms with Crippen LogP contribution in [0.5, 0.6) is 11.5 Å². The molecule has 1 aromatic heterocycles. The lowest BCUT2D eigenvalue weighted by molar-refractivity contribution is -0.138. The first-order chi connectivity index (χ1) is 17.8. The van der Waals surface area contributed by atoms with Crippen LogP contribution in [-0.4, -0.2) is 59.9 Å². The zero-order chi connectivity index (χ0) is 26.0. The summed E-state index contributed by atoms with van der Waals surface area (Å²) in [7, 11) is 0. The highest BCUT2D eigenvalue weighted by atomic mass is 19.4. The van der Waals surface area contributed by atoms with Gasteiger partial charge in [-0.25, -0.2) is 0 Å². The van der Waals surface area contributed by atoms with Crippen molar-refractivity contribution >= 4 is 17.6 Å². The first kappa shape index (κ1) is 24.3. The van der Waals surface area contributed by atoms with Crippen LogP contribution in [0.4, 0.5) is 19.0 Å². The van der Waals surface area contributed by atoms with Crippen LogP contribution in [0.1, 0.15) is 32.0 Å². The molecule has 12 heteroatoms. The number of carbonyl (C=O) groups excluding carboxylic acids is 2. The fourth-order valence-electron chi connectivity index (χ4n) is 4.16. The lowest BCUT2D eigenvalue weighted by Gasteiger charge is -2.35. The van der Waals surface area contributed by atoms with Gasteiger partial charge in [-0.05, 0) is 42.0 Å². The second-order valence-electron chi connectivity index (χ2n) is 8.47. The molecule has 3 aromatic rings. The van der Waals surface area contributed by atoms with Crippen molar-refractivity contribution in [3.05, 3.63) is 77.0 Å². The molecule has 9 nitrogen and oxygen atoms in total. The van der Waals surface area contributed by atoms with Gasteiger partial charge >= 0.3 is 6.18 Å². The fraction of sp³-hybridized carbons (Fsp3) is 0.280. The summed E-state index contributed by atoms with van der Waals surface area (Å²) < 4.78 is 50.5. The van der Waals surface area contributed by atoms with Gasteiger partial charge < -0.3 is 24.6 Å². The highest BCUT2D eigenvalue weighted by Gasteiger charge is 2.36. The number of hydrogen-bond donors (Lipinski definition) is 1. The molecule has 0 saturated carbocycles. The molecule has 5 rings (SSSR count). The first-order valence-electron chi connectivity index (χ1n) is 11.5. The molecule has 1 fully saturated rings. The Bertz CT molecular complexity index is 1310. The molecule has 2 aliphatic rings. The zero-order valence-corrected chi connectivity index (χ0v) is 19.5. The van der Waals surface area contributed by atoms with E-state index >= 15 is 0 Å². The van der Waals surface area contributed by atoms with Crippen LogP contribution < -0.4 is 19.7 Å². The Labute approximate surface area is 209 Å². The number of alkyl halides is 3. The summed E-state index contributed by atoms with van der Waals surface area (Å²) in [5.74, 6) is 0.744. The number of ether oxygens (including phenoxy) is 2. The molecule has 192 valence electrons. The first-order valence-corrected chi connectivity index (χ1v) is 11.5. The molecule has 0 unspecified atom stereocenters. The molecule has 0 radical (unpaired) electrons. The van der Waals surface area contributed by atoms with Crippen LogP contribution in [-0.2, 0) is 12.7 Å². The third-order valence-corrected chi connectivity index (χ3v) is 6.13. The molecular weight excluding hydrogens is 491 g/mol. The number of nitrogens with zero attached hydrogens (tertiary/aromatic N) is 4. The molecule has 3 heterocycles. The number of aromatic nitrogens is 2. The van der Waals surface area contributed by atoms with Crippen LogP contribution in [0.2, 0.25) is 0 Å². The Balaban J connectivity index is 1.15. The van der Waals surface area contributed by atoms with Gasteiger partial charge in [0.2, 0.25) is 6.79 Å². The Kier molecular flexibility index (Phi) is 6.55. The molecule has 2 amide bonds. The van der Waals surface area contributed by atoms with Crippen LogP contribution in [0.15, 0.2) is 54.6 Å². The minimum absolute atomic E-state index is 0.141. The van der Waals surface area contributed by atoms with Gasteiger partial charge in [0.15, 0.2) is 23.0 Å². The number of anilines is 1. The van der Waals surface area contributed by atoms with Gasteiger partial charge in [0, 0.05) is 32.7 Å². The van der Waals surface area contributed by atoms with Gasteiger partial charge in [0.05, 0.1) is 11.1 Å². The van der Waals surface area contributed by atoms with Crippen molar-refractivity contribution in [1.29, 1.82) is 0 Å². The summed E-state index contributed by atoms with van der Waals surface area (Å²) in [5.41, 5.74) is -0.324. The van der Waals surface area contributed by atoms with Crippen LogP contribution >= 0.6 is 0 Å². The van der Waals surface area contributed by atoms with Crippen molar-refractivity contribution in [3.63, 3.8) is 0 Å². The van der Waals surface area contributed by atoms with Gasteiger partial charge in [-0.15, -0.1) is 10.2 Å². The maximum atomic E-state index is 13.3. The topological polar surface area (TPSA) is 96.9 Å². The Morgan fingerprint density at radius 1 is 0.919 bits per heavy atom. The van der Waals surface area contributed by atoms with Crippen molar-refractivity contribution in [2.45, 2.75) is 12.7 Å². The summed E-state index contributed by atoms with van der Waals surface area (Å²) >= 11 is 0. The van der Waals surface area contributed by atoms with E-state index in [4.69, 9.17) is 9.47 Å². The standard InChI is InChI=1S/C25H22F3N5O4/c26-25(27,28)18-4-2-1-3-17(18)24(35)33-11-9-32(10-12-33)22-8-6-19(30-31-22)23(34)29-14-16-5-7-20-21(13-16)37-15-36-20/h1-8,13H,9-12,14-15H2,(H,29,34). The highest BCUT2D eigenvalue weighted by molar-refractivity contribution is 5.96. The number of piperazine rings is 1. The quantitative estimate of drug-likeness (QED) is 0.560. The largest absolute Gasteiger partial charge is 0.454 e. The van der Waals surface area contributed by atoms with Gasteiger partial charge in [-0.3, -0.25) is 9.59 Å². The molecule has 1 N–H and O–H groups in total. The van der Waals surface area contributed by atoms with E-state index in [2.05, 4.69) is 15.5 Å². The van der Waals surface area contributed by atoms with Crippen molar-refractivity contribution in [1.82, 2.24) is 20.4 Å². The second kappa shape index (κ2) is 9.96. The van der Waals surface area contributed by atoms with Crippen molar-refractivity contribution < 1.29 is 32.2 Å². The number of nitrogens with one attached hydrogen (secondary N) is 1. The summed E-state index contributed by atoms with van der Waals surface area (Å²) in [4.78, 5) is 28.5. The van der Waals surface area contributed by atoms with Gasteiger partial charge in [0.1, 0.15) is 0 Å². The second-order valence-corrected chi connectivity index (χ2v) is 8.47. The minimum Gasteiger partial charge on any atom is -0.454 e. The molecule has 2 aromatic carbocycles. The van der Waals surface area contributed by atoms with E-state index in [1.54, 1.807) is 24.3 Å². The van der Waals surface area contributed by atoms with E-state index in [-0.39, 0.29) is 37.7 Å². The maximum Gasteiger partial charge on any atom is 0.417 e. The number of halogens is 3. The van der Waals surface area contributed by atoms with Crippen molar-refractivity contribution in [2.75, 3.05) is 37.9 Å². The summed E-state index contributed by atoms with van der Waals surface area (Å²) in [6, 6.07) is 13.4. The molecule has 0 bridgehead atoms. The van der Waals surface area contributed by atoms with E-state index in [1.165, 1.54) is 23.1 Å².